The van der Waals surface area contributed by atoms with Crippen LogP contribution in [0.25, 0.3) is 0 Å². The molecule has 0 aliphatic rings. The molecule has 1 rings (SSSR count). The molecule has 3 N–H and O–H groups in total. The van der Waals surface area contributed by atoms with E-state index in [0.29, 0.717) is 0 Å². The zero-order chi connectivity index (χ0) is 14.6. The molecule has 0 spiro atoms. The molecule has 0 aliphatic heterocycles. The van der Waals surface area contributed by atoms with Crippen LogP contribution in [0.3, 0.4) is 0 Å². The van der Waals surface area contributed by atoms with Gasteiger partial charge in [-0.05, 0) is 24.6 Å². The van der Waals surface area contributed by atoms with Crippen molar-refractivity contribution in [1.82, 2.24) is 5.32 Å². The highest BCUT2D eigenvalue weighted by Crippen LogP contribution is 2.17. The second kappa shape index (κ2) is 6.19. The second-order valence-electron chi connectivity index (χ2n) is 3.95. The van der Waals surface area contributed by atoms with Gasteiger partial charge in [0.15, 0.2) is 0 Å². The third-order valence-corrected chi connectivity index (χ3v) is 2.66. The monoisotopic (exact) mass is 285 g/mol. The fourth-order valence-corrected chi connectivity index (χ4v) is 1.74. The Labute approximate surface area is 114 Å². The largest absolute Gasteiger partial charge is 0.481 e. The van der Waals surface area contributed by atoms with Crippen LogP contribution >= 0.6 is 11.6 Å². The lowest BCUT2D eigenvalue weighted by Crippen LogP contribution is -2.42. The van der Waals surface area contributed by atoms with Gasteiger partial charge in [0.2, 0.25) is 0 Å². The number of hydrogen-bond acceptors (Lipinski definition) is 3. The van der Waals surface area contributed by atoms with Crippen molar-refractivity contribution in [3.63, 3.8) is 0 Å². The first-order valence-corrected chi connectivity index (χ1v) is 5.70. The van der Waals surface area contributed by atoms with Gasteiger partial charge in [0.25, 0.3) is 5.91 Å². The van der Waals surface area contributed by atoms with Gasteiger partial charge in [-0.25, -0.2) is 4.79 Å². The lowest BCUT2D eigenvalue weighted by Gasteiger charge is -2.13. The van der Waals surface area contributed by atoms with Crippen molar-refractivity contribution in [3.8, 4) is 0 Å². The van der Waals surface area contributed by atoms with Crippen LogP contribution in [0.4, 0.5) is 0 Å². The zero-order valence-electron chi connectivity index (χ0n) is 10.0. The molecule has 0 saturated heterocycles. The molecule has 1 atom stereocenters. The lowest BCUT2D eigenvalue weighted by atomic mass is 10.1. The number of carbonyl (C=O) groups excluding carboxylic acids is 1. The van der Waals surface area contributed by atoms with E-state index < -0.39 is 30.3 Å². The Bertz CT molecular complexity index is 529. The average molecular weight is 286 g/mol. The van der Waals surface area contributed by atoms with E-state index in [1.807, 2.05) is 0 Å². The fraction of sp³-hybridized carbons (Fsp3) is 0.250. The predicted octanol–water partition coefficient (Wildman–Crippen LogP) is 1.31. The van der Waals surface area contributed by atoms with Crippen LogP contribution in [0.5, 0.6) is 0 Å². The Morgan fingerprint density at radius 2 is 1.95 bits per heavy atom. The van der Waals surface area contributed by atoms with Crippen LogP contribution in [0.15, 0.2) is 18.2 Å². The Morgan fingerprint density at radius 1 is 1.32 bits per heavy atom. The smallest absolute Gasteiger partial charge is 0.326 e. The van der Waals surface area contributed by atoms with Crippen LogP contribution in [0.2, 0.25) is 5.02 Å². The van der Waals surface area contributed by atoms with Crippen molar-refractivity contribution >= 4 is 29.4 Å². The molecular weight excluding hydrogens is 274 g/mol. The topological polar surface area (TPSA) is 104 Å². The molecule has 0 heterocycles. The summed E-state index contributed by atoms with van der Waals surface area (Å²) in [5.74, 6) is -3.46. The van der Waals surface area contributed by atoms with Gasteiger partial charge in [-0.1, -0.05) is 17.7 Å². The summed E-state index contributed by atoms with van der Waals surface area (Å²) in [6, 6.07) is 3.16. The van der Waals surface area contributed by atoms with Crippen molar-refractivity contribution in [2.75, 3.05) is 0 Å². The number of carboxylic acids is 2. The van der Waals surface area contributed by atoms with Crippen LogP contribution in [-0.4, -0.2) is 34.1 Å². The Morgan fingerprint density at radius 3 is 2.42 bits per heavy atom. The van der Waals surface area contributed by atoms with E-state index in [2.05, 4.69) is 5.32 Å². The summed E-state index contributed by atoms with van der Waals surface area (Å²) in [7, 11) is 0. The van der Waals surface area contributed by atoms with Gasteiger partial charge in [-0.2, -0.15) is 0 Å². The normalized spacial score (nSPS) is 11.7. The van der Waals surface area contributed by atoms with E-state index in [1.54, 1.807) is 19.1 Å². The lowest BCUT2D eigenvalue weighted by molar-refractivity contribution is -0.145. The SMILES string of the molecule is Cc1ccc(C(=O)N[C@H](CC(=O)O)C(=O)O)c(Cl)c1. The van der Waals surface area contributed by atoms with Crippen molar-refractivity contribution in [1.29, 1.82) is 0 Å². The van der Waals surface area contributed by atoms with Gasteiger partial charge < -0.3 is 15.5 Å². The first-order valence-electron chi connectivity index (χ1n) is 5.33. The van der Waals surface area contributed by atoms with Gasteiger partial charge in [-0.15, -0.1) is 0 Å². The minimum absolute atomic E-state index is 0.101. The summed E-state index contributed by atoms with van der Waals surface area (Å²) in [5.41, 5.74) is 0.950. The van der Waals surface area contributed by atoms with Gasteiger partial charge in [0.1, 0.15) is 6.04 Å². The Hall–Kier alpha value is -2.08. The van der Waals surface area contributed by atoms with E-state index in [4.69, 9.17) is 21.8 Å². The molecule has 1 aromatic rings. The molecule has 7 heteroatoms. The van der Waals surface area contributed by atoms with Crippen molar-refractivity contribution in [2.24, 2.45) is 0 Å². The number of nitrogens with one attached hydrogen (secondary N) is 1. The summed E-state index contributed by atoms with van der Waals surface area (Å²) in [5, 5.41) is 19.7. The maximum absolute atomic E-state index is 11.8. The van der Waals surface area contributed by atoms with Crippen LogP contribution < -0.4 is 5.32 Å². The maximum Gasteiger partial charge on any atom is 0.326 e. The van der Waals surface area contributed by atoms with Crippen LogP contribution in [0, 0.1) is 6.92 Å². The van der Waals surface area contributed by atoms with E-state index in [-0.39, 0.29) is 10.6 Å². The van der Waals surface area contributed by atoms with E-state index in [1.165, 1.54) is 6.07 Å². The first-order chi connectivity index (χ1) is 8.81. The standard InChI is InChI=1S/C12H12ClNO5/c1-6-2-3-7(8(13)4-6)11(17)14-9(12(18)19)5-10(15)16/h2-4,9H,5H2,1H3,(H,14,17)(H,15,16)(H,18,19)/t9-/m1/s1. The molecule has 0 aromatic heterocycles. The molecule has 0 radical (unpaired) electrons. The number of amides is 1. The summed E-state index contributed by atoms with van der Waals surface area (Å²) < 4.78 is 0. The van der Waals surface area contributed by atoms with Gasteiger partial charge in [0.05, 0.1) is 17.0 Å². The first kappa shape index (κ1) is 15.0. The number of carboxylic acid groups (broad SMARTS) is 2. The Kier molecular flexibility index (Phi) is 4.88. The highest BCUT2D eigenvalue weighted by Gasteiger charge is 2.24. The highest BCUT2D eigenvalue weighted by molar-refractivity contribution is 6.34. The summed E-state index contributed by atoms with van der Waals surface area (Å²) >= 11 is 5.87. The number of aliphatic carboxylic acids is 2. The quantitative estimate of drug-likeness (QED) is 0.756. The molecule has 0 bridgehead atoms. The molecule has 0 saturated carbocycles. The molecule has 102 valence electrons. The van der Waals surface area contributed by atoms with Crippen molar-refractivity contribution in [2.45, 2.75) is 19.4 Å². The molecule has 0 unspecified atom stereocenters. The van der Waals surface area contributed by atoms with E-state index in [9.17, 15) is 14.4 Å². The maximum atomic E-state index is 11.8. The number of rotatable bonds is 5. The number of carbonyl (C=O) groups is 3. The minimum Gasteiger partial charge on any atom is -0.481 e. The molecule has 19 heavy (non-hydrogen) atoms. The molecule has 0 aliphatic carbocycles. The number of aryl methyl sites for hydroxylation is 1. The van der Waals surface area contributed by atoms with Crippen LogP contribution in [0.1, 0.15) is 22.3 Å². The number of benzene rings is 1. The number of hydrogen-bond donors (Lipinski definition) is 3. The Balaban J connectivity index is 2.87. The zero-order valence-corrected chi connectivity index (χ0v) is 10.8. The average Bonchev–Trinajstić information content (AvgIpc) is 2.26. The van der Waals surface area contributed by atoms with E-state index >= 15 is 0 Å². The minimum atomic E-state index is -1.50. The van der Waals surface area contributed by atoms with Gasteiger partial charge in [-0.3, -0.25) is 9.59 Å². The third kappa shape index (κ3) is 4.26. The summed E-state index contributed by atoms with van der Waals surface area (Å²) in [4.78, 5) is 33.2. The fourth-order valence-electron chi connectivity index (χ4n) is 1.41. The summed E-state index contributed by atoms with van der Waals surface area (Å²) in [6.07, 6.45) is -0.704. The van der Waals surface area contributed by atoms with Gasteiger partial charge in [0, 0.05) is 0 Å². The van der Waals surface area contributed by atoms with Crippen molar-refractivity contribution < 1.29 is 24.6 Å². The van der Waals surface area contributed by atoms with E-state index in [0.717, 1.165) is 5.56 Å². The van der Waals surface area contributed by atoms with Gasteiger partial charge >= 0.3 is 11.9 Å². The van der Waals surface area contributed by atoms with Crippen LogP contribution in [-0.2, 0) is 9.59 Å². The molecule has 1 aromatic carbocycles. The highest BCUT2D eigenvalue weighted by atomic mass is 35.5. The predicted molar refractivity (Wildman–Crippen MR) is 67.3 cm³/mol. The van der Waals surface area contributed by atoms with Crippen molar-refractivity contribution in [3.05, 3.63) is 34.3 Å². The number of halogens is 1. The molecule has 1 amide bonds. The molecule has 0 fully saturated rings. The second-order valence-corrected chi connectivity index (χ2v) is 4.35. The molecular formula is C12H12ClNO5. The molecule has 6 nitrogen and oxygen atoms in total. The third-order valence-electron chi connectivity index (χ3n) is 2.35. The summed E-state index contributed by atoms with van der Waals surface area (Å²) in [6.45, 7) is 1.79.